The van der Waals surface area contributed by atoms with Crippen LogP contribution in [0.3, 0.4) is 0 Å². The summed E-state index contributed by atoms with van der Waals surface area (Å²) < 4.78 is 0. The summed E-state index contributed by atoms with van der Waals surface area (Å²) in [7, 11) is 0. The Morgan fingerprint density at radius 1 is 1.07 bits per heavy atom. The molecule has 0 saturated heterocycles. The molecule has 0 spiro atoms. The Labute approximate surface area is 90.5 Å². The van der Waals surface area contributed by atoms with E-state index >= 15 is 0 Å². The number of hydrogen-bond donors (Lipinski definition) is 1. The largest absolute Gasteiger partial charge is 0.371 e. The zero-order valence-electron chi connectivity index (χ0n) is 8.29. The molecule has 2 aliphatic heterocycles. The molecule has 0 bridgehead atoms. The normalized spacial score (nSPS) is 19.4. The summed E-state index contributed by atoms with van der Waals surface area (Å²) >= 11 is 4.56. The van der Waals surface area contributed by atoms with Crippen molar-refractivity contribution in [1.82, 2.24) is 0 Å². The molecule has 0 aromatic heterocycles. The van der Waals surface area contributed by atoms with Gasteiger partial charge in [0.05, 0.1) is 0 Å². The van der Waals surface area contributed by atoms with Crippen molar-refractivity contribution in [2.24, 2.45) is 0 Å². The van der Waals surface area contributed by atoms with E-state index in [4.69, 9.17) is 0 Å². The standard InChI is InChI=1S/C12H15NS/c14-11-6-5-9-3-1-7-13-8-2-4-10(11)12(9)13/h5-6,14H,1-4,7-8H2. The zero-order valence-corrected chi connectivity index (χ0v) is 9.19. The Hall–Kier alpha value is -0.630. The topological polar surface area (TPSA) is 3.24 Å². The predicted octanol–water partition coefficient (Wildman–Crippen LogP) is 2.67. The summed E-state index contributed by atoms with van der Waals surface area (Å²) in [4.78, 5) is 3.74. The summed E-state index contributed by atoms with van der Waals surface area (Å²) in [6, 6.07) is 4.44. The number of aryl methyl sites for hydroxylation is 1. The summed E-state index contributed by atoms with van der Waals surface area (Å²) in [5.74, 6) is 0. The second kappa shape index (κ2) is 3.20. The number of nitrogens with zero attached hydrogens (tertiary/aromatic N) is 1. The Balaban J connectivity index is 2.22. The smallest absolute Gasteiger partial charge is 0.0442 e. The predicted molar refractivity (Wildman–Crippen MR) is 62.5 cm³/mol. The van der Waals surface area contributed by atoms with Crippen LogP contribution in [-0.4, -0.2) is 13.1 Å². The van der Waals surface area contributed by atoms with Crippen molar-refractivity contribution in [3.8, 4) is 0 Å². The van der Waals surface area contributed by atoms with E-state index in [0.717, 1.165) is 0 Å². The Morgan fingerprint density at radius 3 is 2.71 bits per heavy atom. The van der Waals surface area contributed by atoms with Gasteiger partial charge in [-0.15, -0.1) is 12.6 Å². The first kappa shape index (κ1) is 8.66. The van der Waals surface area contributed by atoms with Gasteiger partial charge in [-0.05, 0) is 42.9 Å². The van der Waals surface area contributed by atoms with Gasteiger partial charge >= 0.3 is 0 Å². The van der Waals surface area contributed by atoms with Gasteiger partial charge in [0.25, 0.3) is 0 Å². The third kappa shape index (κ3) is 1.17. The second-order valence-corrected chi connectivity index (χ2v) is 4.75. The fourth-order valence-corrected chi connectivity index (χ4v) is 3.05. The minimum absolute atomic E-state index is 1.19. The fraction of sp³-hybridized carbons (Fsp3) is 0.500. The molecule has 0 unspecified atom stereocenters. The summed E-state index contributed by atoms with van der Waals surface area (Å²) in [5.41, 5.74) is 4.57. The molecule has 1 aromatic rings. The van der Waals surface area contributed by atoms with E-state index in [1.54, 1.807) is 5.56 Å². The molecule has 0 fully saturated rings. The molecule has 2 aliphatic rings. The molecular formula is C12H15NS. The van der Waals surface area contributed by atoms with Crippen LogP contribution in [0.1, 0.15) is 24.0 Å². The Kier molecular flexibility index (Phi) is 1.98. The van der Waals surface area contributed by atoms with Crippen LogP contribution >= 0.6 is 12.6 Å². The van der Waals surface area contributed by atoms with Crippen LogP contribution < -0.4 is 4.90 Å². The van der Waals surface area contributed by atoms with Crippen molar-refractivity contribution in [3.63, 3.8) is 0 Å². The molecule has 1 nitrogen and oxygen atoms in total. The maximum absolute atomic E-state index is 4.56. The monoisotopic (exact) mass is 205 g/mol. The fourth-order valence-electron chi connectivity index (χ4n) is 2.76. The van der Waals surface area contributed by atoms with Gasteiger partial charge in [0.1, 0.15) is 0 Å². The van der Waals surface area contributed by atoms with Crippen LogP contribution in [0.4, 0.5) is 5.69 Å². The lowest BCUT2D eigenvalue weighted by Gasteiger charge is -2.37. The molecule has 2 heterocycles. The molecule has 1 aromatic carbocycles. The lowest BCUT2D eigenvalue weighted by molar-refractivity contribution is 0.628. The molecule has 0 N–H and O–H groups in total. The molecule has 2 heteroatoms. The van der Waals surface area contributed by atoms with E-state index in [9.17, 15) is 0 Å². The van der Waals surface area contributed by atoms with Gasteiger partial charge in [-0.25, -0.2) is 0 Å². The van der Waals surface area contributed by atoms with Crippen molar-refractivity contribution in [2.75, 3.05) is 18.0 Å². The Morgan fingerprint density at radius 2 is 1.86 bits per heavy atom. The van der Waals surface area contributed by atoms with E-state index in [1.807, 2.05) is 0 Å². The number of thiol groups is 1. The van der Waals surface area contributed by atoms with E-state index < -0.39 is 0 Å². The van der Waals surface area contributed by atoms with Gasteiger partial charge in [-0.1, -0.05) is 6.07 Å². The summed E-state index contributed by atoms with van der Waals surface area (Å²) in [6.45, 7) is 2.49. The van der Waals surface area contributed by atoms with Crippen LogP contribution in [0.5, 0.6) is 0 Å². The number of benzene rings is 1. The van der Waals surface area contributed by atoms with Crippen molar-refractivity contribution >= 4 is 18.3 Å². The van der Waals surface area contributed by atoms with Crippen molar-refractivity contribution in [2.45, 2.75) is 30.6 Å². The van der Waals surface area contributed by atoms with Gasteiger partial charge in [0.2, 0.25) is 0 Å². The first-order valence-electron chi connectivity index (χ1n) is 5.45. The van der Waals surface area contributed by atoms with E-state index in [2.05, 4.69) is 29.7 Å². The molecular weight excluding hydrogens is 190 g/mol. The number of rotatable bonds is 0. The van der Waals surface area contributed by atoms with Crippen LogP contribution in [0.25, 0.3) is 0 Å². The lowest BCUT2D eigenvalue weighted by Crippen LogP contribution is -2.34. The summed E-state index contributed by atoms with van der Waals surface area (Å²) in [6.07, 6.45) is 5.09. The molecule has 0 amide bonds. The van der Waals surface area contributed by atoms with Gasteiger partial charge in [-0.3, -0.25) is 0 Å². The maximum Gasteiger partial charge on any atom is 0.0442 e. The number of hydrogen-bond acceptors (Lipinski definition) is 2. The van der Waals surface area contributed by atoms with Gasteiger partial charge in [0, 0.05) is 23.7 Å². The van der Waals surface area contributed by atoms with Gasteiger partial charge < -0.3 is 4.90 Å². The minimum atomic E-state index is 1.19. The molecule has 14 heavy (non-hydrogen) atoms. The van der Waals surface area contributed by atoms with E-state index in [1.165, 1.54) is 54.9 Å². The molecule has 0 saturated carbocycles. The van der Waals surface area contributed by atoms with Crippen LogP contribution in [0.15, 0.2) is 17.0 Å². The highest BCUT2D eigenvalue weighted by molar-refractivity contribution is 7.80. The van der Waals surface area contributed by atoms with Crippen LogP contribution in [-0.2, 0) is 12.8 Å². The molecule has 0 atom stereocenters. The van der Waals surface area contributed by atoms with Crippen LogP contribution in [0, 0.1) is 0 Å². The summed E-state index contributed by atoms with van der Waals surface area (Å²) in [5, 5.41) is 0. The van der Waals surface area contributed by atoms with Gasteiger partial charge in [-0.2, -0.15) is 0 Å². The van der Waals surface area contributed by atoms with E-state index in [0.29, 0.717) is 0 Å². The molecule has 0 radical (unpaired) electrons. The molecule has 74 valence electrons. The highest BCUT2D eigenvalue weighted by atomic mass is 32.1. The highest BCUT2D eigenvalue weighted by Crippen LogP contribution is 2.37. The lowest BCUT2D eigenvalue weighted by atomic mass is 9.92. The highest BCUT2D eigenvalue weighted by Gasteiger charge is 2.24. The van der Waals surface area contributed by atoms with Crippen molar-refractivity contribution in [1.29, 1.82) is 0 Å². The average Bonchev–Trinajstić information content (AvgIpc) is 2.24. The van der Waals surface area contributed by atoms with Crippen LogP contribution in [0.2, 0.25) is 0 Å². The number of anilines is 1. The third-order valence-electron chi connectivity index (χ3n) is 3.39. The van der Waals surface area contributed by atoms with Crippen molar-refractivity contribution < 1.29 is 0 Å². The van der Waals surface area contributed by atoms with E-state index in [-0.39, 0.29) is 0 Å². The minimum Gasteiger partial charge on any atom is -0.371 e. The quantitative estimate of drug-likeness (QED) is 0.637. The first-order chi connectivity index (χ1) is 6.86. The SMILES string of the molecule is Sc1ccc2c3c1CCCN3CCC2. The molecule has 3 rings (SSSR count). The average molecular weight is 205 g/mol. The Bertz CT molecular complexity index is 371. The third-order valence-corrected chi connectivity index (χ3v) is 3.81. The van der Waals surface area contributed by atoms with Crippen molar-refractivity contribution in [3.05, 3.63) is 23.3 Å². The maximum atomic E-state index is 4.56. The van der Waals surface area contributed by atoms with Gasteiger partial charge in [0.15, 0.2) is 0 Å². The molecule has 0 aliphatic carbocycles. The second-order valence-electron chi connectivity index (χ2n) is 4.27. The first-order valence-corrected chi connectivity index (χ1v) is 5.89. The zero-order chi connectivity index (χ0) is 9.54.